The molecular formula is C17H16Cl2N4O3. The molecule has 3 N–H and O–H groups in total. The number of aromatic nitrogens is 2. The zero-order chi connectivity index (χ0) is 18.6. The van der Waals surface area contributed by atoms with Crippen LogP contribution in [0.15, 0.2) is 18.2 Å². The van der Waals surface area contributed by atoms with E-state index in [1.807, 2.05) is 4.90 Å². The second-order valence-corrected chi connectivity index (χ2v) is 7.43. The van der Waals surface area contributed by atoms with E-state index in [0.29, 0.717) is 28.4 Å². The molecule has 0 aromatic carbocycles. The monoisotopic (exact) mass is 394 g/mol. The number of carbonyl (C=O) groups is 2. The van der Waals surface area contributed by atoms with Gasteiger partial charge in [0.15, 0.2) is 5.69 Å². The molecule has 9 heteroatoms. The maximum absolute atomic E-state index is 12.4. The molecule has 1 aliphatic heterocycles. The van der Waals surface area contributed by atoms with Gasteiger partial charge in [-0.25, -0.2) is 9.78 Å². The molecule has 3 heterocycles. The molecule has 7 nitrogen and oxygen atoms in total. The second kappa shape index (κ2) is 6.17. The second-order valence-electron chi connectivity index (χ2n) is 6.67. The van der Waals surface area contributed by atoms with Gasteiger partial charge in [-0.2, -0.15) is 0 Å². The fraction of sp³-hybridized carbons (Fsp3) is 0.353. The lowest BCUT2D eigenvalue weighted by Crippen LogP contribution is -2.35. The molecular weight excluding hydrogens is 379 g/mol. The van der Waals surface area contributed by atoms with Crippen LogP contribution in [0.4, 0.5) is 5.82 Å². The first kappa shape index (κ1) is 17.2. The number of H-pyrrole nitrogens is 1. The average molecular weight is 395 g/mol. The Morgan fingerprint density at radius 3 is 2.54 bits per heavy atom. The first-order valence-corrected chi connectivity index (χ1v) is 8.92. The quantitative estimate of drug-likeness (QED) is 0.739. The van der Waals surface area contributed by atoms with E-state index in [2.05, 4.69) is 15.3 Å². The zero-order valence-corrected chi connectivity index (χ0v) is 15.3. The molecule has 1 amide bonds. The number of hydrogen-bond acceptors (Lipinski definition) is 4. The summed E-state index contributed by atoms with van der Waals surface area (Å²) in [5, 5.41) is 12.7. The molecule has 3 atom stereocenters. The third kappa shape index (κ3) is 2.81. The van der Waals surface area contributed by atoms with E-state index >= 15 is 0 Å². The molecule has 2 aromatic heterocycles. The Hall–Kier alpha value is -2.25. The fourth-order valence-electron chi connectivity index (χ4n) is 3.60. The maximum atomic E-state index is 12.4. The summed E-state index contributed by atoms with van der Waals surface area (Å²) in [6, 6.07) is 5.04. The highest BCUT2D eigenvalue weighted by molar-refractivity contribution is 6.44. The number of nitrogens with zero attached hydrogens (tertiary/aromatic N) is 2. The molecule has 2 fully saturated rings. The lowest BCUT2D eigenvalue weighted by molar-refractivity contribution is 0.0690. The highest BCUT2D eigenvalue weighted by atomic mass is 35.5. The number of aryl methyl sites for hydroxylation is 1. The number of piperidine rings is 1. The number of fused-ring (bicyclic) bond motifs is 1. The number of nitrogens with one attached hydrogen (secondary N) is 2. The van der Waals surface area contributed by atoms with Crippen LogP contribution in [-0.4, -0.2) is 46.1 Å². The van der Waals surface area contributed by atoms with Gasteiger partial charge in [0.2, 0.25) is 0 Å². The molecule has 1 saturated carbocycles. The Morgan fingerprint density at radius 2 is 1.96 bits per heavy atom. The molecule has 0 bridgehead atoms. The molecule has 1 saturated heterocycles. The summed E-state index contributed by atoms with van der Waals surface area (Å²) in [5.74, 6) is -0.0175. The van der Waals surface area contributed by atoms with Crippen LogP contribution in [0.3, 0.4) is 0 Å². The Bertz CT molecular complexity index is 901. The molecule has 136 valence electrons. The van der Waals surface area contributed by atoms with Crippen molar-refractivity contribution < 1.29 is 14.7 Å². The summed E-state index contributed by atoms with van der Waals surface area (Å²) < 4.78 is 0. The van der Waals surface area contributed by atoms with E-state index in [0.717, 1.165) is 13.1 Å². The molecule has 26 heavy (non-hydrogen) atoms. The lowest BCUT2D eigenvalue weighted by Gasteiger charge is -2.21. The summed E-state index contributed by atoms with van der Waals surface area (Å²) in [4.78, 5) is 32.6. The first-order valence-electron chi connectivity index (χ1n) is 8.16. The number of pyridine rings is 1. The maximum Gasteiger partial charge on any atom is 0.354 e. The smallest absolute Gasteiger partial charge is 0.354 e. The number of halogens is 2. The molecule has 2 aromatic rings. The number of carbonyl (C=O) groups excluding carboxylic acids is 1. The number of aromatic carboxylic acids is 1. The Kier molecular flexibility index (Phi) is 4.08. The van der Waals surface area contributed by atoms with E-state index in [1.165, 1.54) is 6.07 Å². The van der Waals surface area contributed by atoms with Crippen molar-refractivity contribution >= 4 is 40.9 Å². The van der Waals surface area contributed by atoms with Gasteiger partial charge in [-0.15, -0.1) is 0 Å². The van der Waals surface area contributed by atoms with Crippen molar-refractivity contribution in [2.45, 2.75) is 13.0 Å². The number of hydrogen-bond donors (Lipinski definition) is 3. The van der Waals surface area contributed by atoms with Crippen molar-refractivity contribution in [2.75, 3.05) is 18.0 Å². The van der Waals surface area contributed by atoms with Crippen LogP contribution in [-0.2, 0) is 0 Å². The van der Waals surface area contributed by atoms with Crippen LogP contribution in [0.1, 0.15) is 26.7 Å². The minimum atomic E-state index is -1.04. The minimum Gasteiger partial charge on any atom is -0.477 e. The molecule has 1 unspecified atom stereocenters. The number of carboxylic acids is 1. The van der Waals surface area contributed by atoms with Crippen molar-refractivity contribution in [3.8, 4) is 0 Å². The van der Waals surface area contributed by atoms with Gasteiger partial charge in [0.25, 0.3) is 5.91 Å². The van der Waals surface area contributed by atoms with Crippen LogP contribution >= 0.6 is 23.2 Å². The number of anilines is 1. The first-order chi connectivity index (χ1) is 12.4. The van der Waals surface area contributed by atoms with Crippen LogP contribution in [0.2, 0.25) is 10.0 Å². The number of carboxylic acid groups (broad SMARTS) is 1. The zero-order valence-electron chi connectivity index (χ0n) is 13.8. The van der Waals surface area contributed by atoms with Gasteiger partial charge in [-0.05, 0) is 19.1 Å². The van der Waals surface area contributed by atoms with Gasteiger partial charge in [0.05, 0.1) is 10.0 Å². The van der Waals surface area contributed by atoms with Crippen molar-refractivity contribution in [3.05, 3.63) is 45.3 Å². The SMILES string of the molecule is Cc1[nH]c(C(=O)NC2[C@H]3CN(c4cccc(C(=O)O)n4)C[C@@H]23)c(Cl)c1Cl. The highest BCUT2D eigenvalue weighted by Crippen LogP contribution is 2.46. The normalized spacial score (nSPS) is 23.7. The van der Waals surface area contributed by atoms with Gasteiger partial charge >= 0.3 is 5.97 Å². The Balaban J connectivity index is 1.39. The van der Waals surface area contributed by atoms with Gasteiger partial charge in [-0.3, -0.25) is 4.79 Å². The standard InChI is InChI=1S/C17H16Cl2N4O3/c1-7-12(18)13(19)15(20-7)16(24)22-14-8-5-23(6-9(8)14)11-4-2-3-10(21-11)17(25)26/h2-4,8-9,14,20H,5-6H2,1H3,(H,22,24)(H,25,26)/t8-,9+,14?. The van der Waals surface area contributed by atoms with Crippen LogP contribution in [0.5, 0.6) is 0 Å². The van der Waals surface area contributed by atoms with Crippen LogP contribution < -0.4 is 10.2 Å². The van der Waals surface area contributed by atoms with Crippen LogP contribution in [0.25, 0.3) is 0 Å². The molecule has 2 aliphatic rings. The van der Waals surface area contributed by atoms with Crippen LogP contribution in [0, 0.1) is 18.8 Å². The minimum absolute atomic E-state index is 0.0292. The van der Waals surface area contributed by atoms with Gasteiger partial charge in [0, 0.05) is 36.7 Å². The molecule has 0 radical (unpaired) electrons. The summed E-state index contributed by atoms with van der Waals surface area (Å²) in [6.45, 7) is 3.21. The summed E-state index contributed by atoms with van der Waals surface area (Å²) >= 11 is 12.1. The van der Waals surface area contributed by atoms with Crippen molar-refractivity contribution in [1.29, 1.82) is 0 Å². The average Bonchev–Trinajstić information content (AvgIpc) is 2.95. The predicted octanol–water partition coefficient (Wildman–Crippen LogP) is 2.59. The topological polar surface area (TPSA) is 98.3 Å². The third-order valence-corrected chi connectivity index (χ3v) is 6.00. The summed E-state index contributed by atoms with van der Waals surface area (Å²) in [6.07, 6.45) is 0. The fourth-order valence-corrected chi connectivity index (χ4v) is 4.01. The van der Waals surface area contributed by atoms with Crippen molar-refractivity contribution in [1.82, 2.24) is 15.3 Å². The number of aromatic amines is 1. The van der Waals surface area contributed by atoms with E-state index in [-0.39, 0.29) is 28.4 Å². The van der Waals surface area contributed by atoms with Gasteiger partial charge in [0.1, 0.15) is 11.5 Å². The summed E-state index contributed by atoms with van der Waals surface area (Å²) in [7, 11) is 0. The molecule has 1 aliphatic carbocycles. The van der Waals surface area contributed by atoms with Gasteiger partial charge in [-0.1, -0.05) is 29.3 Å². The van der Waals surface area contributed by atoms with E-state index in [1.54, 1.807) is 19.1 Å². The Morgan fingerprint density at radius 1 is 1.27 bits per heavy atom. The summed E-state index contributed by atoms with van der Waals surface area (Å²) in [5.41, 5.74) is 0.974. The predicted molar refractivity (Wildman–Crippen MR) is 97.2 cm³/mol. The third-order valence-electron chi connectivity index (χ3n) is 5.05. The lowest BCUT2D eigenvalue weighted by atomic mass is 10.3. The van der Waals surface area contributed by atoms with E-state index < -0.39 is 5.97 Å². The Labute approximate surface area is 159 Å². The largest absolute Gasteiger partial charge is 0.477 e. The van der Waals surface area contributed by atoms with Gasteiger partial charge < -0.3 is 20.3 Å². The van der Waals surface area contributed by atoms with Crippen molar-refractivity contribution in [3.63, 3.8) is 0 Å². The number of rotatable bonds is 4. The molecule has 4 rings (SSSR count). The van der Waals surface area contributed by atoms with Crippen molar-refractivity contribution in [2.24, 2.45) is 11.8 Å². The molecule has 0 spiro atoms. The van der Waals surface area contributed by atoms with E-state index in [9.17, 15) is 9.59 Å². The number of amides is 1. The highest BCUT2D eigenvalue weighted by Gasteiger charge is 2.57. The van der Waals surface area contributed by atoms with E-state index in [4.69, 9.17) is 28.3 Å².